The molecule has 0 aliphatic rings. The van der Waals surface area contributed by atoms with E-state index in [1.54, 1.807) is 12.1 Å². The molecule has 0 aliphatic carbocycles. The van der Waals surface area contributed by atoms with Gasteiger partial charge in [-0.05, 0) is 24.3 Å². The molecule has 9 nitrogen and oxygen atoms in total. The molecule has 4 aromatic rings. The molecular formula is C17H12N2O7S. The maximum absolute atomic E-state index is 12.6. The van der Waals surface area contributed by atoms with Crippen molar-refractivity contribution in [1.29, 1.82) is 0 Å². The van der Waals surface area contributed by atoms with Crippen LogP contribution in [0.1, 0.15) is 0 Å². The third-order valence-electron chi connectivity index (χ3n) is 4.10. The molecule has 0 fully saturated rings. The minimum Gasteiger partial charge on any atom is -0.505 e. The van der Waals surface area contributed by atoms with Crippen LogP contribution in [0.2, 0.25) is 0 Å². The summed E-state index contributed by atoms with van der Waals surface area (Å²) in [4.78, 5) is 23.4. The van der Waals surface area contributed by atoms with Gasteiger partial charge in [0, 0.05) is 13.1 Å². The molecule has 0 bridgehead atoms. The van der Waals surface area contributed by atoms with Gasteiger partial charge in [-0.1, -0.05) is 12.1 Å². The van der Waals surface area contributed by atoms with Crippen molar-refractivity contribution in [3.8, 4) is 5.75 Å². The van der Waals surface area contributed by atoms with Crippen molar-refractivity contribution in [3.05, 3.63) is 63.4 Å². The average molecular weight is 388 g/mol. The van der Waals surface area contributed by atoms with E-state index in [2.05, 4.69) is 0 Å². The molecule has 2 aromatic heterocycles. The van der Waals surface area contributed by atoms with Gasteiger partial charge in [0.25, 0.3) is 10.0 Å². The fourth-order valence-corrected chi connectivity index (χ4v) is 3.77. The highest BCUT2D eigenvalue weighted by Crippen LogP contribution is 2.31. The molecule has 0 amide bonds. The van der Waals surface area contributed by atoms with Crippen LogP contribution in [-0.2, 0) is 17.1 Å². The van der Waals surface area contributed by atoms with Crippen molar-refractivity contribution in [2.24, 2.45) is 7.05 Å². The van der Waals surface area contributed by atoms with E-state index in [0.717, 1.165) is 6.07 Å². The van der Waals surface area contributed by atoms with Crippen LogP contribution in [0.3, 0.4) is 0 Å². The van der Waals surface area contributed by atoms with Crippen LogP contribution in [0.4, 0.5) is 5.69 Å². The van der Waals surface area contributed by atoms with Gasteiger partial charge in [-0.2, -0.15) is 0 Å². The van der Waals surface area contributed by atoms with Gasteiger partial charge in [0.2, 0.25) is 0 Å². The summed E-state index contributed by atoms with van der Waals surface area (Å²) in [7, 11) is -2.78. The van der Waals surface area contributed by atoms with E-state index in [1.165, 1.54) is 35.9 Å². The lowest BCUT2D eigenvalue weighted by Crippen LogP contribution is -2.18. The first-order valence-electron chi connectivity index (χ1n) is 7.65. The normalized spacial score (nSPS) is 11.9. The first kappa shape index (κ1) is 16.9. The van der Waals surface area contributed by atoms with Crippen LogP contribution in [0.25, 0.3) is 22.1 Å². The van der Waals surface area contributed by atoms with Crippen molar-refractivity contribution in [2.75, 3.05) is 4.72 Å². The van der Waals surface area contributed by atoms with E-state index in [4.69, 9.17) is 8.83 Å². The first-order valence-corrected chi connectivity index (χ1v) is 9.13. The summed E-state index contributed by atoms with van der Waals surface area (Å²) < 4.78 is 38.6. The zero-order valence-electron chi connectivity index (χ0n) is 13.8. The van der Waals surface area contributed by atoms with Gasteiger partial charge in [0.1, 0.15) is 5.58 Å². The number of nitrogens with one attached hydrogen (secondary N) is 1. The lowest BCUT2D eigenvalue weighted by atomic mass is 10.2. The van der Waals surface area contributed by atoms with Crippen LogP contribution in [-0.4, -0.2) is 18.1 Å². The third kappa shape index (κ3) is 2.66. The highest BCUT2D eigenvalue weighted by molar-refractivity contribution is 7.92. The number of rotatable bonds is 3. The van der Waals surface area contributed by atoms with Crippen LogP contribution in [0, 0.1) is 0 Å². The summed E-state index contributed by atoms with van der Waals surface area (Å²) in [5.74, 6) is -1.18. The molecule has 2 aromatic carbocycles. The van der Waals surface area contributed by atoms with Gasteiger partial charge < -0.3 is 13.9 Å². The Bertz CT molecular complexity index is 1430. The van der Waals surface area contributed by atoms with Crippen molar-refractivity contribution < 1.29 is 22.4 Å². The van der Waals surface area contributed by atoms with E-state index >= 15 is 0 Å². The highest BCUT2D eigenvalue weighted by Gasteiger charge is 2.22. The number of hydrogen-bond acceptors (Lipinski definition) is 7. The van der Waals surface area contributed by atoms with E-state index in [0.29, 0.717) is 5.52 Å². The second-order valence-electron chi connectivity index (χ2n) is 5.77. The number of anilines is 1. The molecule has 0 saturated carbocycles. The quantitative estimate of drug-likeness (QED) is 0.511. The van der Waals surface area contributed by atoms with Crippen LogP contribution >= 0.6 is 0 Å². The average Bonchev–Trinajstić information content (AvgIpc) is 2.92. The lowest BCUT2D eigenvalue weighted by molar-refractivity contribution is 0.471. The molecule has 0 spiro atoms. The summed E-state index contributed by atoms with van der Waals surface area (Å²) in [6.45, 7) is 0. The van der Waals surface area contributed by atoms with Gasteiger partial charge in [0.15, 0.2) is 17.0 Å². The lowest BCUT2D eigenvalue weighted by Gasteiger charge is -2.10. The van der Waals surface area contributed by atoms with Crippen LogP contribution in [0.15, 0.2) is 65.8 Å². The maximum Gasteiger partial charge on any atom is 0.419 e. The van der Waals surface area contributed by atoms with Crippen LogP contribution in [0.5, 0.6) is 5.75 Å². The summed E-state index contributed by atoms with van der Waals surface area (Å²) in [6, 6.07) is 9.97. The summed E-state index contributed by atoms with van der Waals surface area (Å²) in [5, 5.41) is 10.5. The summed E-state index contributed by atoms with van der Waals surface area (Å²) in [5.41, 5.74) is -1.05. The Kier molecular flexibility index (Phi) is 3.60. The Morgan fingerprint density at radius 3 is 2.56 bits per heavy atom. The fourth-order valence-electron chi connectivity index (χ4n) is 2.70. The van der Waals surface area contributed by atoms with E-state index in [1.807, 2.05) is 4.72 Å². The van der Waals surface area contributed by atoms with Crippen molar-refractivity contribution in [1.82, 2.24) is 4.57 Å². The Morgan fingerprint density at radius 1 is 1.04 bits per heavy atom. The van der Waals surface area contributed by atoms with Gasteiger partial charge in [-0.3, -0.25) is 9.29 Å². The number of para-hydroxylation sites is 1. The molecule has 2 heterocycles. The molecule has 4 rings (SSSR count). The monoisotopic (exact) mass is 388 g/mol. The predicted molar refractivity (Wildman–Crippen MR) is 96.4 cm³/mol. The summed E-state index contributed by atoms with van der Waals surface area (Å²) >= 11 is 0. The van der Waals surface area contributed by atoms with E-state index in [-0.39, 0.29) is 21.4 Å². The molecule has 27 heavy (non-hydrogen) atoms. The second-order valence-corrected chi connectivity index (χ2v) is 7.45. The van der Waals surface area contributed by atoms with E-state index < -0.39 is 32.8 Å². The molecule has 0 radical (unpaired) electrons. The number of nitrogens with zero attached hydrogens (tertiary/aromatic N) is 1. The minimum atomic E-state index is -4.26. The van der Waals surface area contributed by atoms with Gasteiger partial charge in [-0.15, -0.1) is 0 Å². The number of fused-ring (bicyclic) bond motifs is 2. The van der Waals surface area contributed by atoms with Crippen LogP contribution < -0.4 is 16.1 Å². The molecule has 138 valence electrons. The maximum atomic E-state index is 12.6. The van der Waals surface area contributed by atoms with Crippen molar-refractivity contribution >= 4 is 37.8 Å². The molecule has 0 unspecified atom stereocenters. The smallest absolute Gasteiger partial charge is 0.419 e. The Labute approximate surface area is 151 Å². The molecule has 2 N–H and O–H groups in total. The number of aryl methyl sites for hydroxylation is 1. The second kappa shape index (κ2) is 5.74. The van der Waals surface area contributed by atoms with Crippen molar-refractivity contribution in [2.45, 2.75) is 4.90 Å². The minimum absolute atomic E-state index is 0.0696. The standard InChI is InChI=1S/C17H12N2O7S/c1-19-11-7-6-9(8-13(11)26-17(19)22)27(23,24)18-14-15(20)10-4-2-3-5-12(10)25-16(14)21/h2-8,18,20H,1H3. The largest absolute Gasteiger partial charge is 0.505 e. The Morgan fingerprint density at radius 2 is 1.78 bits per heavy atom. The fraction of sp³-hybridized carbons (Fsp3) is 0.0588. The number of aromatic hydroxyl groups is 1. The number of sulfonamides is 1. The zero-order valence-corrected chi connectivity index (χ0v) is 14.6. The molecule has 0 saturated heterocycles. The van der Waals surface area contributed by atoms with Gasteiger partial charge >= 0.3 is 11.4 Å². The highest BCUT2D eigenvalue weighted by atomic mass is 32.2. The molecule has 0 aliphatic heterocycles. The van der Waals surface area contributed by atoms with Gasteiger partial charge in [-0.25, -0.2) is 18.0 Å². The predicted octanol–water partition coefficient (Wildman–Crippen LogP) is 1.74. The molecule has 10 heteroatoms. The first-order chi connectivity index (χ1) is 12.8. The molecular weight excluding hydrogens is 376 g/mol. The third-order valence-corrected chi connectivity index (χ3v) is 5.44. The number of hydrogen-bond donors (Lipinski definition) is 2. The SMILES string of the molecule is Cn1c(=O)oc2cc(S(=O)(=O)Nc3c(O)c4ccccc4oc3=O)ccc21. The Balaban J connectivity index is 1.83. The molecule has 0 atom stereocenters. The van der Waals surface area contributed by atoms with E-state index in [9.17, 15) is 23.1 Å². The zero-order chi connectivity index (χ0) is 19.3. The van der Waals surface area contributed by atoms with Crippen molar-refractivity contribution in [3.63, 3.8) is 0 Å². The van der Waals surface area contributed by atoms with Gasteiger partial charge in [0.05, 0.1) is 15.8 Å². The summed E-state index contributed by atoms with van der Waals surface area (Å²) in [6.07, 6.45) is 0. The number of oxazole rings is 1. The Hall–Kier alpha value is -3.53. The number of aromatic nitrogens is 1. The topological polar surface area (TPSA) is 132 Å². The number of benzene rings is 2.